The van der Waals surface area contributed by atoms with Crippen molar-refractivity contribution < 1.29 is 4.74 Å². The Morgan fingerprint density at radius 2 is 1.85 bits per heavy atom. The molecule has 0 saturated heterocycles. The van der Waals surface area contributed by atoms with Crippen molar-refractivity contribution in [2.75, 3.05) is 31.0 Å². The molecule has 0 unspecified atom stereocenters. The molecule has 2 N–H and O–H groups in total. The van der Waals surface area contributed by atoms with Gasteiger partial charge in [0.2, 0.25) is 17.1 Å². The average Bonchev–Trinajstić information content (AvgIpc) is 3.15. The third kappa shape index (κ3) is 4.90. The molecule has 0 aliphatic heterocycles. The van der Waals surface area contributed by atoms with Gasteiger partial charge in [0.05, 0.1) is 0 Å². The predicted molar refractivity (Wildman–Crippen MR) is 100 cm³/mol. The highest BCUT2D eigenvalue weighted by Crippen LogP contribution is 2.19. The first-order valence-corrected chi connectivity index (χ1v) is 9.08. The minimum atomic E-state index is 0.296. The van der Waals surface area contributed by atoms with Crippen LogP contribution in [0, 0.1) is 0 Å². The number of thioether (sulfide) groups is 1. The van der Waals surface area contributed by atoms with Gasteiger partial charge in [0.1, 0.15) is 13.1 Å². The van der Waals surface area contributed by atoms with Gasteiger partial charge in [0.15, 0.2) is 0 Å². The molecule has 0 saturated carbocycles. The van der Waals surface area contributed by atoms with Crippen molar-refractivity contribution >= 4 is 23.7 Å². The first-order chi connectivity index (χ1) is 12.8. The van der Waals surface area contributed by atoms with E-state index in [1.165, 1.54) is 10.2 Å². The second kappa shape index (κ2) is 9.11. The molecule has 3 rings (SSSR count). The summed E-state index contributed by atoms with van der Waals surface area (Å²) in [4.78, 5) is 17.3. The Balaban J connectivity index is 1.75. The van der Waals surface area contributed by atoms with E-state index in [0.29, 0.717) is 36.3 Å². The monoisotopic (exact) mass is 372 g/mol. The van der Waals surface area contributed by atoms with Crippen LogP contribution >= 0.6 is 11.8 Å². The van der Waals surface area contributed by atoms with E-state index in [9.17, 15) is 0 Å². The van der Waals surface area contributed by atoms with Crippen molar-refractivity contribution in [2.24, 2.45) is 0 Å². The molecule has 0 aliphatic carbocycles. The minimum Gasteiger partial charge on any atom is -0.364 e. The van der Waals surface area contributed by atoms with Gasteiger partial charge in [0, 0.05) is 19.4 Å². The number of hydrogen-bond donors (Lipinski definition) is 2. The summed E-state index contributed by atoms with van der Waals surface area (Å²) in [5.74, 6) is 2.05. The molecular formula is C16H20N8OS. The number of hydrogen-bond acceptors (Lipinski definition) is 9. The Labute approximate surface area is 155 Å². The van der Waals surface area contributed by atoms with Gasteiger partial charge in [-0.25, -0.2) is 4.98 Å². The summed E-state index contributed by atoms with van der Waals surface area (Å²) in [5, 5.41) is 11.1. The first kappa shape index (κ1) is 18.1. The molecule has 2 heterocycles. The number of nitrogens with zero attached hydrogens (tertiary/aromatic N) is 6. The molecule has 0 amide bonds. The van der Waals surface area contributed by atoms with E-state index >= 15 is 0 Å². The fourth-order valence-corrected chi connectivity index (χ4v) is 2.81. The molecule has 3 aromatic rings. The molecule has 0 fully saturated rings. The molecule has 0 bridgehead atoms. The molecule has 0 spiro atoms. The van der Waals surface area contributed by atoms with Crippen molar-refractivity contribution in [3.05, 3.63) is 42.2 Å². The van der Waals surface area contributed by atoms with Gasteiger partial charge in [-0.3, -0.25) is 0 Å². The number of anilines is 2. The van der Waals surface area contributed by atoms with Crippen LogP contribution in [0.5, 0.6) is 0 Å². The van der Waals surface area contributed by atoms with Crippen molar-refractivity contribution in [3.63, 3.8) is 0 Å². The van der Waals surface area contributed by atoms with E-state index in [0.717, 1.165) is 5.75 Å². The van der Waals surface area contributed by atoms with E-state index in [1.807, 2.05) is 25.1 Å². The Bertz CT molecular complexity index is 826. The highest BCUT2D eigenvalue weighted by Gasteiger charge is 2.10. The molecule has 26 heavy (non-hydrogen) atoms. The van der Waals surface area contributed by atoms with Crippen molar-refractivity contribution in [1.29, 1.82) is 0 Å². The van der Waals surface area contributed by atoms with Crippen molar-refractivity contribution in [2.45, 2.75) is 17.8 Å². The molecule has 0 aliphatic rings. The number of rotatable bonds is 9. The van der Waals surface area contributed by atoms with Crippen LogP contribution < -0.4 is 10.6 Å². The van der Waals surface area contributed by atoms with Gasteiger partial charge in [-0.1, -0.05) is 42.1 Å². The lowest BCUT2D eigenvalue weighted by Crippen LogP contribution is -2.14. The van der Waals surface area contributed by atoms with E-state index < -0.39 is 0 Å². The van der Waals surface area contributed by atoms with Crippen LogP contribution in [0.4, 0.5) is 11.9 Å². The van der Waals surface area contributed by atoms with E-state index in [1.54, 1.807) is 25.2 Å². The number of nitrogens with one attached hydrogen (secondary N) is 2. The van der Waals surface area contributed by atoms with Crippen LogP contribution in [0.3, 0.4) is 0 Å². The van der Waals surface area contributed by atoms with Crippen LogP contribution in [-0.4, -0.2) is 50.1 Å². The minimum absolute atomic E-state index is 0.296. The summed E-state index contributed by atoms with van der Waals surface area (Å²) in [5.41, 5.74) is 1.22. The summed E-state index contributed by atoms with van der Waals surface area (Å²) in [6, 6.07) is 10.2. The molecule has 0 radical (unpaired) electrons. The summed E-state index contributed by atoms with van der Waals surface area (Å²) in [7, 11) is 1.59. The molecule has 10 heteroatoms. The van der Waals surface area contributed by atoms with Gasteiger partial charge < -0.3 is 15.4 Å². The summed E-state index contributed by atoms with van der Waals surface area (Å²) in [6.45, 7) is 2.97. The fraction of sp³-hybridized carbons (Fsp3) is 0.312. The molecule has 1 aromatic carbocycles. The van der Waals surface area contributed by atoms with Crippen molar-refractivity contribution in [1.82, 2.24) is 29.7 Å². The van der Waals surface area contributed by atoms with Gasteiger partial charge in [-0.15, -0.1) is 5.10 Å². The Morgan fingerprint density at radius 1 is 1.08 bits per heavy atom. The zero-order valence-electron chi connectivity index (χ0n) is 14.6. The largest absolute Gasteiger partial charge is 0.364 e. The molecule has 0 atom stereocenters. The normalized spacial score (nSPS) is 10.7. The van der Waals surface area contributed by atoms with E-state index in [2.05, 4.69) is 47.8 Å². The van der Waals surface area contributed by atoms with Crippen LogP contribution in [0.25, 0.3) is 5.95 Å². The Morgan fingerprint density at radius 3 is 2.58 bits per heavy atom. The van der Waals surface area contributed by atoms with Crippen molar-refractivity contribution in [3.8, 4) is 5.95 Å². The fourth-order valence-electron chi connectivity index (χ4n) is 2.05. The van der Waals surface area contributed by atoms with E-state index in [-0.39, 0.29) is 0 Å². The smallest absolute Gasteiger partial charge is 0.258 e. The third-order valence-corrected chi connectivity index (χ3v) is 4.14. The van der Waals surface area contributed by atoms with E-state index in [4.69, 9.17) is 4.74 Å². The second-order valence-corrected chi connectivity index (χ2v) is 6.11. The SMILES string of the molecule is CCNc1nc(NCOC)nc(-n2cnc(SCc3ccccc3)n2)n1. The lowest BCUT2D eigenvalue weighted by Gasteiger charge is -2.08. The highest BCUT2D eigenvalue weighted by atomic mass is 32.2. The number of aromatic nitrogens is 6. The van der Waals surface area contributed by atoms with Gasteiger partial charge in [-0.05, 0) is 12.5 Å². The van der Waals surface area contributed by atoms with Crippen LogP contribution in [0.1, 0.15) is 12.5 Å². The standard InChI is InChI=1S/C16H20N8OS/c1-3-17-13-20-14(19-11-25-2)22-15(21-13)24-10-18-16(23-24)26-9-12-7-5-4-6-8-12/h4-8,10H,3,9,11H2,1-2H3,(H2,17,19,20,21,22). The Kier molecular flexibility index (Phi) is 6.34. The lowest BCUT2D eigenvalue weighted by atomic mass is 10.2. The Hall–Kier alpha value is -2.72. The number of benzene rings is 1. The predicted octanol–water partition coefficient (Wildman–Crippen LogP) is 2.19. The molecule has 136 valence electrons. The number of ether oxygens (including phenoxy) is 1. The lowest BCUT2D eigenvalue weighted by molar-refractivity contribution is 0.220. The maximum absolute atomic E-state index is 5.00. The molecule has 2 aromatic heterocycles. The van der Waals surface area contributed by atoms with Crippen LogP contribution in [0.15, 0.2) is 41.8 Å². The highest BCUT2D eigenvalue weighted by molar-refractivity contribution is 7.98. The topological polar surface area (TPSA) is 103 Å². The maximum Gasteiger partial charge on any atom is 0.258 e. The zero-order chi connectivity index (χ0) is 18.2. The summed E-state index contributed by atoms with van der Waals surface area (Å²) < 4.78 is 6.53. The van der Waals surface area contributed by atoms with Gasteiger partial charge in [-0.2, -0.15) is 19.6 Å². The maximum atomic E-state index is 5.00. The summed E-state index contributed by atoms with van der Waals surface area (Å²) >= 11 is 1.56. The second-order valence-electron chi connectivity index (χ2n) is 5.17. The quantitative estimate of drug-likeness (QED) is 0.432. The van der Waals surface area contributed by atoms with Crippen LogP contribution in [-0.2, 0) is 10.5 Å². The van der Waals surface area contributed by atoms with Gasteiger partial charge >= 0.3 is 0 Å². The average molecular weight is 372 g/mol. The van der Waals surface area contributed by atoms with Crippen LogP contribution in [0.2, 0.25) is 0 Å². The zero-order valence-corrected chi connectivity index (χ0v) is 15.4. The number of methoxy groups -OCH3 is 1. The molecule has 9 nitrogen and oxygen atoms in total. The summed E-state index contributed by atoms with van der Waals surface area (Å²) in [6.07, 6.45) is 1.60. The van der Waals surface area contributed by atoms with Gasteiger partial charge in [0.25, 0.3) is 5.95 Å². The first-order valence-electron chi connectivity index (χ1n) is 8.10. The third-order valence-electron chi connectivity index (χ3n) is 3.22. The molecular weight excluding hydrogens is 352 g/mol.